The normalized spacial score (nSPS) is 25.5. The summed E-state index contributed by atoms with van der Waals surface area (Å²) in [6.45, 7) is 3.14. The zero-order valence-corrected chi connectivity index (χ0v) is 9.09. The highest BCUT2D eigenvalue weighted by Crippen LogP contribution is 2.30. The van der Waals surface area contributed by atoms with Crippen molar-refractivity contribution in [1.29, 1.82) is 0 Å². The Balaban J connectivity index is 2.21. The molecule has 0 amide bonds. The molecule has 1 aliphatic heterocycles. The first-order valence-electron chi connectivity index (χ1n) is 5.27. The molecule has 0 aliphatic carbocycles. The summed E-state index contributed by atoms with van der Waals surface area (Å²) in [5, 5.41) is 3.32. The van der Waals surface area contributed by atoms with E-state index in [4.69, 9.17) is 4.74 Å². The van der Waals surface area contributed by atoms with Gasteiger partial charge in [0.1, 0.15) is 11.6 Å². The van der Waals surface area contributed by atoms with Crippen LogP contribution in [-0.4, -0.2) is 13.7 Å². The molecule has 0 bridgehead atoms. The molecule has 0 saturated carbocycles. The molecule has 1 aromatic carbocycles. The predicted octanol–water partition coefficient (Wildman–Crippen LogP) is 2.50. The third-order valence-electron chi connectivity index (χ3n) is 2.93. The van der Waals surface area contributed by atoms with E-state index in [2.05, 4.69) is 12.2 Å². The summed E-state index contributed by atoms with van der Waals surface area (Å²) in [7, 11) is 1.55. The van der Waals surface area contributed by atoms with Gasteiger partial charge in [0.2, 0.25) is 0 Å². The first kappa shape index (κ1) is 10.4. The molecule has 1 aromatic rings. The molecule has 15 heavy (non-hydrogen) atoms. The molecule has 3 heteroatoms. The van der Waals surface area contributed by atoms with E-state index in [-0.39, 0.29) is 11.9 Å². The minimum Gasteiger partial charge on any atom is -0.497 e. The molecule has 2 rings (SSSR count). The third-order valence-corrected chi connectivity index (χ3v) is 2.93. The SMILES string of the molecule is COc1ccc(C2CC(C)CN2)c(F)c1. The maximum absolute atomic E-state index is 13.7. The van der Waals surface area contributed by atoms with Crippen LogP contribution in [0.5, 0.6) is 5.75 Å². The van der Waals surface area contributed by atoms with E-state index in [1.165, 1.54) is 6.07 Å². The second kappa shape index (κ2) is 4.19. The van der Waals surface area contributed by atoms with Crippen molar-refractivity contribution in [3.05, 3.63) is 29.6 Å². The van der Waals surface area contributed by atoms with Crippen molar-refractivity contribution < 1.29 is 9.13 Å². The minimum absolute atomic E-state index is 0.158. The van der Waals surface area contributed by atoms with Crippen LogP contribution in [0.3, 0.4) is 0 Å². The molecule has 2 atom stereocenters. The fraction of sp³-hybridized carbons (Fsp3) is 0.500. The van der Waals surface area contributed by atoms with Crippen LogP contribution in [-0.2, 0) is 0 Å². The van der Waals surface area contributed by atoms with Crippen LogP contribution in [0.4, 0.5) is 4.39 Å². The van der Waals surface area contributed by atoms with E-state index in [0.717, 1.165) is 18.5 Å². The fourth-order valence-electron chi connectivity index (χ4n) is 2.07. The van der Waals surface area contributed by atoms with Gasteiger partial charge >= 0.3 is 0 Å². The second-order valence-electron chi connectivity index (χ2n) is 4.19. The van der Waals surface area contributed by atoms with Crippen molar-refractivity contribution in [1.82, 2.24) is 5.32 Å². The zero-order valence-electron chi connectivity index (χ0n) is 9.09. The molecule has 1 N–H and O–H groups in total. The van der Waals surface area contributed by atoms with Gasteiger partial charge in [0.25, 0.3) is 0 Å². The van der Waals surface area contributed by atoms with Crippen molar-refractivity contribution in [3.63, 3.8) is 0 Å². The molecule has 1 heterocycles. The Morgan fingerprint density at radius 2 is 2.27 bits per heavy atom. The van der Waals surface area contributed by atoms with E-state index in [1.54, 1.807) is 7.11 Å². The van der Waals surface area contributed by atoms with Crippen molar-refractivity contribution >= 4 is 0 Å². The van der Waals surface area contributed by atoms with E-state index in [1.807, 2.05) is 12.1 Å². The van der Waals surface area contributed by atoms with E-state index in [9.17, 15) is 4.39 Å². The Bertz CT molecular complexity index is 353. The summed E-state index contributed by atoms with van der Waals surface area (Å²) >= 11 is 0. The molecule has 2 unspecified atom stereocenters. The molecule has 1 fully saturated rings. The van der Waals surface area contributed by atoms with Crippen LogP contribution in [0, 0.1) is 11.7 Å². The van der Waals surface area contributed by atoms with Gasteiger partial charge in [-0.3, -0.25) is 0 Å². The third kappa shape index (κ3) is 2.12. The summed E-state index contributed by atoms with van der Waals surface area (Å²) in [5.41, 5.74) is 0.750. The van der Waals surface area contributed by atoms with Crippen molar-refractivity contribution in [2.24, 2.45) is 5.92 Å². The van der Waals surface area contributed by atoms with Crippen LogP contribution in [0.1, 0.15) is 24.9 Å². The molecule has 2 nitrogen and oxygen atoms in total. The summed E-state index contributed by atoms with van der Waals surface area (Å²) in [5.74, 6) is 1.01. The average molecular weight is 209 g/mol. The second-order valence-corrected chi connectivity index (χ2v) is 4.19. The molecule has 0 radical (unpaired) electrons. The predicted molar refractivity (Wildman–Crippen MR) is 57.5 cm³/mol. The lowest BCUT2D eigenvalue weighted by molar-refractivity contribution is 0.409. The highest BCUT2D eigenvalue weighted by Gasteiger charge is 2.24. The van der Waals surface area contributed by atoms with Crippen LogP contribution in [0.2, 0.25) is 0 Å². The molecular formula is C12H16FNO. The number of rotatable bonds is 2. The van der Waals surface area contributed by atoms with Gasteiger partial charge in [-0.05, 0) is 24.9 Å². The van der Waals surface area contributed by atoms with Gasteiger partial charge in [0.15, 0.2) is 0 Å². The van der Waals surface area contributed by atoms with Gasteiger partial charge in [-0.2, -0.15) is 0 Å². The maximum atomic E-state index is 13.7. The summed E-state index contributed by atoms with van der Waals surface area (Å²) < 4.78 is 18.7. The van der Waals surface area contributed by atoms with Gasteiger partial charge in [-0.25, -0.2) is 4.39 Å². The number of benzene rings is 1. The number of ether oxygens (including phenoxy) is 1. The first-order chi connectivity index (χ1) is 7.20. The van der Waals surface area contributed by atoms with Gasteiger partial charge in [0.05, 0.1) is 7.11 Å². The highest BCUT2D eigenvalue weighted by molar-refractivity contribution is 5.31. The Labute approximate surface area is 89.4 Å². The van der Waals surface area contributed by atoms with Crippen molar-refractivity contribution in [2.75, 3.05) is 13.7 Å². The van der Waals surface area contributed by atoms with E-state index >= 15 is 0 Å². The molecule has 1 saturated heterocycles. The van der Waals surface area contributed by atoms with Gasteiger partial charge in [-0.15, -0.1) is 0 Å². The molecule has 0 aromatic heterocycles. The molecule has 1 aliphatic rings. The van der Waals surface area contributed by atoms with Gasteiger partial charge < -0.3 is 10.1 Å². The smallest absolute Gasteiger partial charge is 0.131 e. The fourth-order valence-corrected chi connectivity index (χ4v) is 2.07. The maximum Gasteiger partial charge on any atom is 0.131 e. The van der Waals surface area contributed by atoms with Crippen LogP contribution in [0.15, 0.2) is 18.2 Å². The van der Waals surface area contributed by atoms with Crippen molar-refractivity contribution in [3.8, 4) is 5.75 Å². The van der Waals surface area contributed by atoms with E-state index in [0.29, 0.717) is 11.7 Å². The number of nitrogens with one attached hydrogen (secondary N) is 1. The molecule has 0 spiro atoms. The standard InChI is InChI=1S/C12H16FNO/c1-8-5-12(14-7-8)10-4-3-9(15-2)6-11(10)13/h3-4,6,8,12,14H,5,7H2,1-2H3. The van der Waals surface area contributed by atoms with Gasteiger partial charge in [0, 0.05) is 17.7 Å². The monoisotopic (exact) mass is 209 g/mol. The Kier molecular flexibility index (Phi) is 2.91. The van der Waals surface area contributed by atoms with Crippen LogP contribution < -0.4 is 10.1 Å². The Morgan fingerprint density at radius 1 is 1.47 bits per heavy atom. The average Bonchev–Trinajstić information content (AvgIpc) is 2.64. The van der Waals surface area contributed by atoms with Crippen LogP contribution in [0.25, 0.3) is 0 Å². The Morgan fingerprint density at radius 3 is 2.80 bits per heavy atom. The summed E-state index contributed by atoms with van der Waals surface area (Å²) in [6, 6.07) is 5.22. The highest BCUT2D eigenvalue weighted by atomic mass is 19.1. The number of hydrogen-bond acceptors (Lipinski definition) is 2. The van der Waals surface area contributed by atoms with E-state index < -0.39 is 0 Å². The summed E-state index contributed by atoms with van der Waals surface area (Å²) in [6.07, 6.45) is 1.00. The lowest BCUT2D eigenvalue weighted by Gasteiger charge is -2.12. The molecular weight excluding hydrogens is 193 g/mol. The lowest BCUT2D eigenvalue weighted by atomic mass is 10.0. The number of halogens is 1. The van der Waals surface area contributed by atoms with Gasteiger partial charge in [-0.1, -0.05) is 13.0 Å². The number of methoxy groups -OCH3 is 1. The lowest BCUT2D eigenvalue weighted by Crippen LogP contribution is -2.14. The van der Waals surface area contributed by atoms with Crippen molar-refractivity contribution in [2.45, 2.75) is 19.4 Å². The summed E-state index contributed by atoms with van der Waals surface area (Å²) in [4.78, 5) is 0. The quantitative estimate of drug-likeness (QED) is 0.808. The molecule has 82 valence electrons. The van der Waals surface area contributed by atoms with Crippen LogP contribution >= 0.6 is 0 Å². The zero-order chi connectivity index (χ0) is 10.8. The largest absolute Gasteiger partial charge is 0.497 e. The minimum atomic E-state index is -0.180. The Hall–Kier alpha value is -1.09. The topological polar surface area (TPSA) is 21.3 Å². The first-order valence-corrected chi connectivity index (χ1v) is 5.27. The number of hydrogen-bond donors (Lipinski definition) is 1.